The van der Waals surface area contributed by atoms with Gasteiger partial charge in [0.05, 0.1) is 18.3 Å². The average molecular weight is 372 g/mol. The molecule has 4 aromatic rings. The van der Waals surface area contributed by atoms with E-state index < -0.39 is 0 Å². The monoisotopic (exact) mass is 372 g/mol. The van der Waals surface area contributed by atoms with Crippen molar-refractivity contribution in [2.75, 3.05) is 5.32 Å². The number of benzene rings is 2. The predicted octanol–water partition coefficient (Wildman–Crippen LogP) is 4.09. The van der Waals surface area contributed by atoms with E-state index in [4.69, 9.17) is 0 Å². The summed E-state index contributed by atoms with van der Waals surface area (Å²) in [7, 11) is 0. The van der Waals surface area contributed by atoms with Crippen molar-refractivity contribution in [1.29, 1.82) is 0 Å². The standard InChI is InChI=1S/C22H17FN4O/c23-17-5-1-3-14(9-17)13-27-22-19(12-25-27)18(11-21(28)26-22)16-7-6-15-4-2-8-24-20(15)10-16/h1-10,12,18H,11,13H2,(H,26,28). The minimum atomic E-state index is -0.288. The van der Waals surface area contributed by atoms with Gasteiger partial charge in [-0.1, -0.05) is 30.3 Å². The van der Waals surface area contributed by atoms with Crippen LogP contribution in [-0.4, -0.2) is 20.7 Å². The van der Waals surface area contributed by atoms with E-state index in [0.717, 1.165) is 27.6 Å². The van der Waals surface area contributed by atoms with Crippen molar-refractivity contribution >= 4 is 22.6 Å². The van der Waals surface area contributed by atoms with Gasteiger partial charge in [0.15, 0.2) is 0 Å². The molecule has 0 radical (unpaired) electrons. The van der Waals surface area contributed by atoms with Crippen molar-refractivity contribution in [3.8, 4) is 0 Å². The van der Waals surface area contributed by atoms with Crippen LogP contribution in [0.2, 0.25) is 0 Å². The molecule has 1 aliphatic heterocycles. The summed E-state index contributed by atoms with van der Waals surface area (Å²) >= 11 is 0. The van der Waals surface area contributed by atoms with Crippen molar-refractivity contribution in [2.45, 2.75) is 18.9 Å². The molecule has 0 saturated carbocycles. The fourth-order valence-electron chi connectivity index (χ4n) is 3.80. The Balaban J connectivity index is 1.54. The van der Waals surface area contributed by atoms with Gasteiger partial charge in [0.2, 0.25) is 5.91 Å². The highest BCUT2D eigenvalue weighted by molar-refractivity contribution is 5.94. The molecule has 0 saturated heterocycles. The van der Waals surface area contributed by atoms with Crippen molar-refractivity contribution in [3.05, 3.63) is 89.5 Å². The highest BCUT2D eigenvalue weighted by atomic mass is 19.1. The van der Waals surface area contributed by atoms with Gasteiger partial charge in [0.1, 0.15) is 11.6 Å². The summed E-state index contributed by atoms with van der Waals surface area (Å²) in [4.78, 5) is 16.8. The zero-order chi connectivity index (χ0) is 19.1. The van der Waals surface area contributed by atoms with E-state index in [2.05, 4.69) is 15.4 Å². The van der Waals surface area contributed by atoms with Crippen molar-refractivity contribution in [1.82, 2.24) is 14.8 Å². The maximum atomic E-state index is 13.5. The fourth-order valence-corrected chi connectivity index (χ4v) is 3.80. The molecule has 5 nitrogen and oxygen atoms in total. The second kappa shape index (κ2) is 6.56. The lowest BCUT2D eigenvalue weighted by Gasteiger charge is -2.24. The van der Waals surface area contributed by atoms with Gasteiger partial charge < -0.3 is 5.32 Å². The SMILES string of the molecule is O=C1CC(c2ccc3cccnc3c2)c2cnn(Cc3cccc(F)c3)c2N1. The molecule has 0 aliphatic carbocycles. The molecule has 0 bridgehead atoms. The first-order valence-electron chi connectivity index (χ1n) is 9.12. The Kier molecular flexibility index (Phi) is 3.90. The van der Waals surface area contributed by atoms with E-state index in [0.29, 0.717) is 18.8 Å². The average Bonchev–Trinajstić information content (AvgIpc) is 3.09. The highest BCUT2D eigenvalue weighted by Crippen LogP contribution is 2.38. The molecule has 2 aromatic heterocycles. The number of aromatic nitrogens is 3. The molecule has 1 N–H and O–H groups in total. The second-order valence-electron chi connectivity index (χ2n) is 7.00. The smallest absolute Gasteiger partial charge is 0.226 e. The van der Waals surface area contributed by atoms with E-state index in [-0.39, 0.29) is 17.6 Å². The van der Waals surface area contributed by atoms with Crippen LogP contribution in [-0.2, 0) is 11.3 Å². The topological polar surface area (TPSA) is 59.8 Å². The molecular formula is C22H17FN4O. The maximum Gasteiger partial charge on any atom is 0.226 e. The molecule has 0 fully saturated rings. The number of amides is 1. The Hall–Kier alpha value is -3.54. The lowest BCUT2D eigenvalue weighted by atomic mass is 9.87. The number of halogens is 1. The zero-order valence-corrected chi connectivity index (χ0v) is 15.0. The summed E-state index contributed by atoms with van der Waals surface area (Å²) in [5.74, 6) is 0.242. The van der Waals surface area contributed by atoms with Gasteiger partial charge >= 0.3 is 0 Å². The van der Waals surface area contributed by atoms with Gasteiger partial charge in [-0.2, -0.15) is 5.10 Å². The summed E-state index contributed by atoms with van der Waals surface area (Å²) in [6, 6.07) is 16.4. The van der Waals surface area contributed by atoms with E-state index >= 15 is 0 Å². The third-order valence-electron chi connectivity index (χ3n) is 5.14. The van der Waals surface area contributed by atoms with Crippen LogP contribution in [0.1, 0.15) is 29.0 Å². The molecule has 1 atom stereocenters. The van der Waals surface area contributed by atoms with Crippen LogP contribution in [0.5, 0.6) is 0 Å². The third-order valence-corrected chi connectivity index (χ3v) is 5.14. The van der Waals surface area contributed by atoms with E-state index in [1.54, 1.807) is 23.1 Å². The lowest BCUT2D eigenvalue weighted by molar-refractivity contribution is -0.116. The number of nitrogens with one attached hydrogen (secondary N) is 1. The predicted molar refractivity (Wildman–Crippen MR) is 105 cm³/mol. The Morgan fingerprint density at radius 1 is 1.14 bits per heavy atom. The molecule has 2 aromatic carbocycles. The first kappa shape index (κ1) is 16.6. The van der Waals surface area contributed by atoms with Gasteiger partial charge in [0, 0.05) is 29.5 Å². The van der Waals surface area contributed by atoms with Crippen LogP contribution < -0.4 is 5.32 Å². The van der Waals surface area contributed by atoms with Crippen LogP contribution in [0.25, 0.3) is 10.9 Å². The molecule has 28 heavy (non-hydrogen) atoms. The van der Waals surface area contributed by atoms with Gasteiger partial charge in [-0.05, 0) is 35.4 Å². The summed E-state index contributed by atoms with van der Waals surface area (Å²) in [6.07, 6.45) is 3.92. The Morgan fingerprint density at radius 2 is 2.07 bits per heavy atom. The van der Waals surface area contributed by atoms with E-state index in [9.17, 15) is 9.18 Å². The number of fused-ring (bicyclic) bond motifs is 2. The van der Waals surface area contributed by atoms with Gasteiger partial charge in [-0.25, -0.2) is 9.07 Å². The number of anilines is 1. The quantitative estimate of drug-likeness (QED) is 0.589. The minimum Gasteiger partial charge on any atom is -0.311 e. The summed E-state index contributed by atoms with van der Waals surface area (Å²) in [5.41, 5.74) is 3.69. The second-order valence-corrected chi connectivity index (χ2v) is 7.00. The summed E-state index contributed by atoms with van der Waals surface area (Å²) in [5, 5.41) is 8.46. The van der Waals surface area contributed by atoms with Crippen molar-refractivity contribution in [2.24, 2.45) is 0 Å². The largest absolute Gasteiger partial charge is 0.311 e. The fraction of sp³-hybridized carbons (Fsp3) is 0.136. The number of carbonyl (C=O) groups is 1. The van der Waals surface area contributed by atoms with Crippen LogP contribution >= 0.6 is 0 Å². The van der Waals surface area contributed by atoms with Crippen LogP contribution in [0.4, 0.5) is 10.2 Å². The number of carbonyl (C=O) groups excluding carboxylic acids is 1. The molecule has 138 valence electrons. The van der Waals surface area contributed by atoms with Gasteiger partial charge in [0.25, 0.3) is 0 Å². The van der Waals surface area contributed by atoms with Crippen LogP contribution in [0, 0.1) is 5.82 Å². The molecule has 5 rings (SSSR count). The highest BCUT2D eigenvalue weighted by Gasteiger charge is 2.30. The number of hydrogen-bond donors (Lipinski definition) is 1. The third kappa shape index (κ3) is 2.93. The molecule has 3 heterocycles. The molecule has 0 spiro atoms. The summed E-state index contributed by atoms with van der Waals surface area (Å²) in [6.45, 7) is 0.388. The number of nitrogens with zero attached hydrogens (tertiary/aromatic N) is 3. The Bertz CT molecular complexity index is 1200. The summed E-state index contributed by atoms with van der Waals surface area (Å²) < 4.78 is 15.2. The van der Waals surface area contributed by atoms with E-state index in [1.807, 2.05) is 36.4 Å². The maximum absolute atomic E-state index is 13.5. The minimum absolute atomic E-state index is 0.0559. The lowest BCUT2D eigenvalue weighted by Crippen LogP contribution is -2.25. The zero-order valence-electron chi connectivity index (χ0n) is 15.0. The van der Waals surface area contributed by atoms with Crippen molar-refractivity contribution in [3.63, 3.8) is 0 Å². The molecule has 1 aliphatic rings. The first-order chi connectivity index (χ1) is 13.7. The normalized spacial score (nSPS) is 16.0. The Morgan fingerprint density at radius 3 is 2.96 bits per heavy atom. The number of rotatable bonds is 3. The van der Waals surface area contributed by atoms with Crippen LogP contribution in [0.3, 0.4) is 0 Å². The first-order valence-corrected chi connectivity index (χ1v) is 9.12. The Labute approximate surface area is 160 Å². The molecular weight excluding hydrogens is 355 g/mol. The van der Waals surface area contributed by atoms with Crippen LogP contribution in [0.15, 0.2) is 67.0 Å². The number of pyridine rings is 1. The molecule has 6 heteroatoms. The molecule has 1 unspecified atom stereocenters. The van der Waals surface area contributed by atoms with E-state index in [1.165, 1.54) is 12.1 Å². The van der Waals surface area contributed by atoms with Gasteiger partial charge in [-0.3, -0.25) is 9.78 Å². The molecule has 1 amide bonds. The van der Waals surface area contributed by atoms with Gasteiger partial charge in [-0.15, -0.1) is 0 Å². The van der Waals surface area contributed by atoms with Crippen molar-refractivity contribution < 1.29 is 9.18 Å². The number of hydrogen-bond acceptors (Lipinski definition) is 3.